The van der Waals surface area contributed by atoms with Gasteiger partial charge in [-0.3, -0.25) is 9.59 Å². The fraction of sp³-hybridized carbons (Fsp3) is 0.545. The zero-order valence-electron chi connectivity index (χ0n) is 9.99. The fourth-order valence-corrected chi connectivity index (χ4v) is 0.708. The topological polar surface area (TPSA) is 78.9 Å². The van der Waals surface area contributed by atoms with Gasteiger partial charge >= 0.3 is 17.9 Å². The average molecular weight is 244 g/mol. The molecule has 0 fully saturated rings. The summed E-state index contributed by atoms with van der Waals surface area (Å²) in [5.74, 6) is -2.13. The van der Waals surface area contributed by atoms with Gasteiger partial charge in [-0.25, -0.2) is 4.79 Å². The second-order valence-electron chi connectivity index (χ2n) is 3.24. The second kappa shape index (κ2) is 8.32. The van der Waals surface area contributed by atoms with E-state index in [0.29, 0.717) is 6.42 Å². The van der Waals surface area contributed by atoms with Crippen LogP contribution in [0.25, 0.3) is 0 Å². The Morgan fingerprint density at radius 1 is 1.06 bits per heavy atom. The minimum absolute atomic E-state index is 0.198. The molecule has 17 heavy (non-hydrogen) atoms. The smallest absolute Gasteiger partial charge is 0.335 e. The molecular weight excluding hydrogens is 228 g/mol. The fourth-order valence-electron chi connectivity index (χ4n) is 0.708. The third-order valence-corrected chi connectivity index (χ3v) is 1.51. The number of rotatable bonds is 7. The van der Waals surface area contributed by atoms with Gasteiger partial charge in [0.1, 0.15) is 6.42 Å². The van der Waals surface area contributed by atoms with E-state index in [9.17, 15) is 14.4 Å². The van der Waals surface area contributed by atoms with E-state index in [1.54, 1.807) is 0 Å². The Morgan fingerprint density at radius 2 is 1.65 bits per heavy atom. The van der Waals surface area contributed by atoms with Crippen molar-refractivity contribution in [2.75, 3.05) is 13.4 Å². The summed E-state index contributed by atoms with van der Waals surface area (Å²) in [5, 5.41) is 0. The summed E-state index contributed by atoms with van der Waals surface area (Å²) in [7, 11) is 0. The summed E-state index contributed by atoms with van der Waals surface area (Å²) in [6.07, 6.45) is 0.182. The van der Waals surface area contributed by atoms with E-state index in [1.165, 1.54) is 6.92 Å². The van der Waals surface area contributed by atoms with Crippen molar-refractivity contribution in [1.29, 1.82) is 0 Å². The maximum Gasteiger partial charge on any atom is 0.335 e. The molecule has 0 heterocycles. The Balaban J connectivity index is 3.69. The molecule has 0 saturated heterocycles. The Labute approximate surface area is 99.5 Å². The van der Waals surface area contributed by atoms with Crippen molar-refractivity contribution in [2.45, 2.75) is 26.7 Å². The minimum atomic E-state index is -0.805. The summed E-state index contributed by atoms with van der Waals surface area (Å²) in [6, 6.07) is 0. The van der Waals surface area contributed by atoms with Crippen LogP contribution in [-0.2, 0) is 28.6 Å². The molecule has 0 N–H and O–H groups in total. The van der Waals surface area contributed by atoms with E-state index >= 15 is 0 Å². The number of hydrogen-bond donors (Lipinski definition) is 0. The maximum absolute atomic E-state index is 11.0. The van der Waals surface area contributed by atoms with Crippen LogP contribution in [0.15, 0.2) is 12.2 Å². The van der Waals surface area contributed by atoms with E-state index in [2.05, 4.69) is 20.8 Å². The van der Waals surface area contributed by atoms with Crippen LogP contribution in [0.4, 0.5) is 0 Å². The quantitative estimate of drug-likeness (QED) is 0.287. The number of esters is 3. The van der Waals surface area contributed by atoms with E-state index < -0.39 is 31.1 Å². The van der Waals surface area contributed by atoms with Crippen LogP contribution in [0.2, 0.25) is 0 Å². The molecule has 0 bridgehead atoms. The summed E-state index contributed by atoms with van der Waals surface area (Å²) in [5.41, 5.74) is 0.198. The standard InChI is InChI=1S/C11H16O6/c1-4-5-15-9(12)6-10(13)16-7-17-11(14)8(2)3/h2,4-7H2,1,3H3. The Hall–Kier alpha value is -1.85. The summed E-state index contributed by atoms with van der Waals surface area (Å²) in [4.78, 5) is 32.9. The van der Waals surface area contributed by atoms with Crippen LogP contribution in [0.5, 0.6) is 0 Å². The van der Waals surface area contributed by atoms with Crippen molar-refractivity contribution in [3.8, 4) is 0 Å². The van der Waals surface area contributed by atoms with E-state index in [-0.39, 0.29) is 12.2 Å². The Morgan fingerprint density at radius 3 is 2.18 bits per heavy atom. The molecule has 0 rings (SSSR count). The van der Waals surface area contributed by atoms with Crippen LogP contribution in [0.3, 0.4) is 0 Å². The van der Waals surface area contributed by atoms with Crippen LogP contribution in [0, 0.1) is 0 Å². The molecule has 0 aliphatic carbocycles. The highest BCUT2D eigenvalue weighted by Gasteiger charge is 2.12. The van der Waals surface area contributed by atoms with Gasteiger partial charge < -0.3 is 14.2 Å². The molecule has 0 radical (unpaired) electrons. The molecule has 0 spiro atoms. The third-order valence-electron chi connectivity index (χ3n) is 1.51. The maximum atomic E-state index is 11.0. The molecule has 96 valence electrons. The molecule has 0 aromatic carbocycles. The monoisotopic (exact) mass is 244 g/mol. The van der Waals surface area contributed by atoms with Gasteiger partial charge in [0.25, 0.3) is 0 Å². The van der Waals surface area contributed by atoms with Gasteiger partial charge in [-0.1, -0.05) is 13.5 Å². The first-order chi connectivity index (χ1) is 7.97. The number of ether oxygens (including phenoxy) is 3. The van der Waals surface area contributed by atoms with Crippen molar-refractivity contribution in [3.63, 3.8) is 0 Å². The highest BCUT2D eigenvalue weighted by molar-refractivity contribution is 5.91. The normalized spacial score (nSPS) is 9.29. The molecule has 0 aromatic heterocycles. The first kappa shape index (κ1) is 15.2. The average Bonchev–Trinajstić information content (AvgIpc) is 2.25. The Bertz CT molecular complexity index is 307. The van der Waals surface area contributed by atoms with Crippen molar-refractivity contribution >= 4 is 17.9 Å². The van der Waals surface area contributed by atoms with E-state index in [0.717, 1.165) is 0 Å². The third kappa shape index (κ3) is 8.01. The number of hydrogen-bond acceptors (Lipinski definition) is 6. The number of carbonyl (C=O) groups is 3. The summed E-state index contributed by atoms with van der Waals surface area (Å²) < 4.78 is 13.7. The van der Waals surface area contributed by atoms with Gasteiger partial charge in [0.2, 0.25) is 6.79 Å². The molecule has 6 heteroatoms. The lowest BCUT2D eigenvalue weighted by Gasteiger charge is -2.06. The number of carbonyl (C=O) groups excluding carboxylic acids is 3. The predicted molar refractivity (Wildman–Crippen MR) is 57.7 cm³/mol. The van der Waals surface area contributed by atoms with Crippen molar-refractivity contribution < 1.29 is 28.6 Å². The molecule has 6 nitrogen and oxygen atoms in total. The molecule has 0 atom stereocenters. The highest BCUT2D eigenvalue weighted by atomic mass is 16.7. The molecule has 0 aromatic rings. The molecule has 0 amide bonds. The molecule has 0 saturated carbocycles. The van der Waals surface area contributed by atoms with Crippen LogP contribution >= 0.6 is 0 Å². The summed E-state index contributed by atoms with van der Waals surface area (Å²) >= 11 is 0. The predicted octanol–water partition coefficient (Wildman–Crippen LogP) is 0.950. The minimum Gasteiger partial charge on any atom is -0.465 e. The summed E-state index contributed by atoms with van der Waals surface area (Å²) in [6.45, 7) is 6.37. The largest absolute Gasteiger partial charge is 0.465 e. The lowest BCUT2D eigenvalue weighted by Crippen LogP contribution is -2.17. The SMILES string of the molecule is C=C(C)C(=O)OCOC(=O)CC(=O)OCCC. The molecule has 0 unspecified atom stereocenters. The van der Waals surface area contributed by atoms with Gasteiger partial charge in [0.15, 0.2) is 0 Å². The van der Waals surface area contributed by atoms with Crippen molar-refractivity contribution in [3.05, 3.63) is 12.2 Å². The first-order valence-electron chi connectivity index (χ1n) is 5.11. The highest BCUT2D eigenvalue weighted by Crippen LogP contribution is 1.95. The van der Waals surface area contributed by atoms with Gasteiger partial charge in [-0.15, -0.1) is 0 Å². The molecule has 0 aliphatic rings. The van der Waals surface area contributed by atoms with Gasteiger partial charge in [0.05, 0.1) is 6.61 Å². The van der Waals surface area contributed by atoms with Crippen molar-refractivity contribution in [2.24, 2.45) is 0 Å². The van der Waals surface area contributed by atoms with Crippen LogP contribution in [-0.4, -0.2) is 31.3 Å². The van der Waals surface area contributed by atoms with E-state index in [1.807, 2.05) is 6.92 Å². The lowest BCUT2D eigenvalue weighted by molar-refractivity contribution is -0.167. The van der Waals surface area contributed by atoms with Gasteiger partial charge in [-0.2, -0.15) is 0 Å². The zero-order valence-corrected chi connectivity index (χ0v) is 9.99. The first-order valence-corrected chi connectivity index (χ1v) is 5.11. The van der Waals surface area contributed by atoms with Crippen molar-refractivity contribution in [1.82, 2.24) is 0 Å². The molecule has 0 aliphatic heterocycles. The lowest BCUT2D eigenvalue weighted by atomic mass is 10.4. The van der Waals surface area contributed by atoms with Gasteiger partial charge in [-0.05, 0) is 13.3 Å². The van der Waals surface area contributed by atoms with E-state index in [4.69, 9.17) is 0 Å². The second-order valence-corrected chi connectivity index (χ2v) is 3.24. The molecular formula is C11H16O6. The zero-order chi connectivity index (χ0) is 13.3. The Kier molecular flexibility index (Phi) is 7.41. The van der Waals surface area contributed by atoms with Crippen LogP contribution < -0.4 is 0 Å². The van der Waals surface area contributed by atoms with Crippen LogP contribution in [0.1, 0.15) is 26.7 Å². The van der Waals surface area contributed by atoms with Gasteiger partial charge in [0, 0.05) is 5.57 Å².